The molecule has 1 aliphatic heterocycles. The van der Waals surface area contributed by atoms with Gasteiger partial charge in [-0.25, -0.2) is 9.18 Å². The van der Waals surface area contributed by atoms with Gasteiger partial charge in [-0.2, -0.15) is 8.78 Å². The van der Waals surface area contributed by atoms with Crippen LogP contribution in [0.4, 0.5) is 40.7 Å². The number of nitrogens with one attached hydrogen (secondary N) is 2. The van der Waals surface area contributed by atoms with Gasteiger partial charge in [-0.15, -0.1) is 0 Å². The normalized spacial score (nSPS) is 15.8. The highest BCUT2D eigenvalue weighted by Gasteiger charge is 2.33. The van der Waals surface area contributed by atoms with Crippen molar-refractivity contribution < 1.29 is 27.5 Å². The lowest BCUT2D eigenvalue weighted by Crippen LogP contribution is -2.37. The Morgan fingerprint density at radius 1 is 1.20 bits per heavy atom. The highest BCUT2D eigenvalue weighted by molar-refractivity contribution is 5.90. The SMILES string of the molecule is Nc1cccc(Nc2ccc(N3C[C@H](CNC(=O)C(F)F)OC3=O)cc2F)c(=O)c1. The lowest BCUT2D eigenvalue weighted by atomic mass is 10.2. The fourth-order valence-corrected chi connectivity index (χ4v) is 2.77. The Hall–Kier alpha value is -3.76. The number of alkyl halides is 2. The highest BCUT2D eigenvalue weighted by atomic mass is 19.3. The molecular weight excluding hydrogens is 405 g/mol. The molecule has 1 fully saturated rings. The van der Waals surface area contributed by atoms with Gasteiger partial charge in [0.15, 0.2) is 0 Å². The van der Waals surface area contributed by atoms with Crippen LogP contribution in [0.3, 0.4) is 0 Å². The number of nitrogens with zero attached hydrogens (tertiary/aromatic N) is 1. The average molecular weight is 422 g/mol. The lowest BCUT2D eigenvalue weighted by molar-refractivity contribution is -0.132. The van der Waals surface area contributed by atoms with Gasteiger partial charge in [0.2, 0.25) is 5.43 Å². The van der Waals surface area contributed by atoms with E-state index in [1.165, 1.54) is 30.3 Å². The van der Waals surface area contributed by atoms with Crippen LogP contribution < -0.4 is 26.7 Å². The second-order valence-corrected chi connectivity index (χ2v) is 6.40. The van der Waals surface area contributed by atoms with Crippen molar-refractivity contribution in [2.24, 2.45) is 0 Å². The van der Waals surface area contributed by atoms with Crippen molar-refractivity contribution in [2.75, 3.05) is 29.0 Å². The van der Waals surface area contributed by atoms with E-state index in [1.807, 2.05) is 5.32 Å². The molecular formula is C19H17F3N4O4. The van der Waals surface area contributed by atoms with E-state index >= 15 is 0 Å². The van der Waals surface area contributed by atoms with Gasteiger partial charge in [0.05, 0.1) is 30.2 Å². The van der Waals surface area contributed by atoms with Crippen LogP contribution in [0.1, 0.15) is 0 Å². The number of carbonyl (C=O) groups is 2. The number of benzene rings is 1. The van der Waals surface area contributed by atoms with Crippen LogP contribution in [-0.4, -0.2) is 37.6 Å². The number of nitrogens with two attached hydrogens (primary N) is 1. The first kappa shape index (κ1) is 21.0. The number of nitrogen functional groups attached to an aromatic ring is 1. The molecule has 0 aliphatic carbocycles. The van der Waals surface area contributed by atoms with E-state index in [2.05, 4.69) is 5.32 Å². The van der Waals surface area contributed by atoms with Crippen molar-refractivity contribution in [2.45, 2.75) is 12.5 Å². The van der Waals surface area contributed by atoms with Crippen LogP contribution in [0.2, 0.25) is 0 Å². The summed E-state index contributed by atoms with van der Waals surface area (Å²) in [5.74, 6) is -2.21. The molecule has 1 heterocycles. The Balaban J connectivity index is 1.71. The van der Waals surface area contributed by atoms with Crippen molar-refractivity contribution in [3.63, 3.8) is 0 Å². The third-order valence-electron chi connectivity index (χ3n) is 4.22. The van der Waals surface area contributed by atoms with Crippen LogP contribution in [-0.2, 0) is 9.53 Å². The third kappa shape index (κ3) is 4.80. The van der Waals surface area contributed by atoms with Gasteiger partial charge in [-0.05, 0) is 30.3 Å². The summed E-state index contributed by atoms with van der Waals surface area (Å²) < 4.78 is 44.0. The minimum Gasteiger partial charge on any atom is -0.442 e. The summed E-state index contributed by atoms with van der Waals surface area (Å²) in [7, 11) is 0. The molecule has 30 heavy (non-hydrogen) atoms. The summed E-state index contributed by atoms with van der Waals surface area (Å²) in [6.45, 7) is -0.360. The molecule has 8 nitrogen and oxygen atoms in total. The number of rotatable bonds is 6. The maximum absolute atomic E-state index is 14.6. The predicted octanol–water partition coefficient (Wildman–Crippen LogP) is 2.22. The smallest absolute Gasteiger partial charge is 0.414 e. The molecule has 0 spiro atoms. The third-order valence-corrected chi connectivity index (χ3v) is 4.22. The van der Waals surface area contributed by atoms with Crippen LogP contribution in [0.5, 0.6) is 0 Å². The molecule has 0 radical (unpaired) electrons. The minimum atomic E-state index is -3.18. The van der Waals surface area contributed by atoms with Gasteiger partial charge in [0, 0.05) is 11.8 Å². The Labute approximate surface area is 168 Å². The van der Waals surface area contributed by atoms with Crippen molar-refractivity contribution in [1.29, 1.82) is 0 Å². The Bertz CT molecular complexity index is 1030. The molecule has 158 valence electrons. The van der Waals surface area contributed by atoms with Crippen LogP contribution in [0.25, 0.3) is 0 Å². The number of anilines is 4. The molecule has 4 N–H and O–H groups in total. The van der Waals surface area contributed by atoms with E-state index in [1.54, 1.807) is 6.07 Å². The molecule has 2 amide bonds. The first-order chi connectivity index (χ1) is 14.2. The number of hydrogen-bond acceptors (Lipinski definition) is 6. The van der Waals surface area contributed by atoms with E-state index in [0.717, 1.165) is 11.0 Å². The molecule has 2 aromatic carbocycles. The molecule has 0 unspecified atom stereocenters. The van der Waals surface area contributed by atoms with Crippen molar-refractivity contribution in [1.82, 2.24) is 5.32 Å². The minimum absolute atomic E-state index is 0.00562. The molecule has 1 aliphatic rings. The summed E-state index contributed by atoms with van der Waals surface area (Å²) in [6.07, 6.45) is -4.84. The quantitative estimate of drug-likeness (QED) is 0.658. The van der Waals surface area contributed by atoms with Crippen LogP contribution in [0.15, 0.2) is 47.3 Å². The van der Waals surface area contributed by atoms with Gasteiger partial charge in [-0.1, -0.05) is 6.07 Å². The summed E-state index contributed by atoms with van der Waals surface area (Å²) >= 11 is 0. The second kappa shape index (κ2) is 8.72. The Kier molecular flexibility index (Phi) is 6.09. The zero-order valence-electron chi connectivity index (χ0n) is 15.4. The van der Waals surface area contributed by atoms with Crippen molar-refractivity contribution >= 4 is 34.7 Å². The number of carbonyl (C=O) groups excluding carboxylic acids is 2. The fourth-order valence-electron chi connectivity index (χ4n) is 2.77. The molecule has 0 saturated carbocycles. The fraction of sp³-hybridized carbons (Fsp3) is 0.211. The van der Waals surface area contributed by atoms with E-state index in [9.17, 15) is 27.6 Å². The molecule has 0 bridgehead atoms. The number of hydrogen-bond donors (Lipinski definition) is 3. The maximum atomic E-state index is 14.6. The first-order valence-corrected chi connectivity index (χ1v) is 8.75. The topological polar surface area (TPSA) is 114 Å². The highest BCUT2D eigenvalue weighted by Crippen LogP contribution is 2.27. The lowest BCUT2D eigenvalue weighted by Gasteiger charge is -2.15. The summed E-state index contributed by atoms with van der Waals surface area (Å²) in [5, 5.41) is 4.63. The molecule has 1 saturated heterocycles. The Morgan fingerprint density at radius 2 is 1.97 bits per heavy atom. The van der Waals surface area contributed by atoms with Crippen LogP contribution >= 0.6 is 0 Å². The summed E-state index contributed by atoms with van der Waals surface area (Å²) in [5.41, 5.74) is 5.68. The van der Waals surface area contributed by atoms with E-state index < -0.39 is 35.8 Å². The number of amides is 2. The van der Waals surface area contributed by atoms with Gasteiger partial charge in [-0.3, -0.25) is 14.5 Å². The standard InChI is InChI=1S/C19H17F3N4O4/c20-13-7-11(26-9-12(30-19(26)29)8-24-18(28)17(21)22)4-5-14(13)25-15-3-1-2-10(23)6-16(15)27/h1-7,12,17H,8-9,23H2,(H,24,28)(H,25,27)/t12-/m0/s1. The van der Waals surface area contributed by atoms with Crippen molar-refractivity contribution in [3.05, 3.63) is 58.5 Å². The Morgan fingerprint density at radius 3 is 2.67 bits per heavy atom. The number of cyclic esters (lactones) is 1. The zero-order valence-corrected chi connectivity index (χ0v) is 15.4. The molecule has 11 heteroatoms. The molecule has 2 aromatic rings. The molecule has 0 aromatic heterocycles. The largest absolute Gasteiger partial charge is 0.442 e. The van der Waals surface area contributed by atoms with Gasteiger partial charge >= 0.3 is 12.5 Å². The van der Waals surface area contributed by atoms with E-state index in [0.29, 0.717) is 0 Å². The summed E-state index contributed by atoms with van der Waals surface area (Å²) in [6, 6.07) is 9.52. The van der Waals surface area contributed by atoms with Gasteiger partial charge in [0.25, 0.3) is 5.91 Å². The maximum Gasteiger partial charge on any atom is 0.414 e. The van der Waals surface area contributed by atoms with Crippen molar-refractivity contribution in [3.8, 4) is 0 Å². The van der Waals surface area contributed by atoms with E-state index in [-0.39, 0.29) is 35.8 Å². The number of halogens is 3. The average Bonchev–Trinajstić information content (AvgIpc) is 2.98. The summed E-state index contributed by atoms with van der Waals surface area (Å²) in [4.78, 5) is 36.1. The van der Waals surface area contributed by atoms with Gasteiger partial charge < -0.3 is 21.1 Å². The van der Waals surface area contributed by atoms with Gasteiger partial charge in [0.1, 0.15) is 11.9 Å². The monoisotopic (exact) mass is 422 g/mol. The predicted molar refractivity (Wildman–Crippen MR) is 103 cm³/mol. The second-order valence-electron chi connectivity index (χ2n) is 6.40. The zero-order chi connectivity index (χ0) is 21.8. The van der Waals surface area contributed by atoms with E-state index in [4.69, 9.17) is 10.5 Å². The molecule has 1 atom stereocenters. The molecule has 3 rings (SSSR count). The number of ether oxygens (including phenoxy) is 1. The van der Waals surface area contributed by atoms with Crippen LogP contribution in [0, 0.1) is 5.82 Å². The first-order valence-electron chi connectivity index (χ1n) is 8.75.